The van der Waals surface area contributed by atoms with Crippen molar-refractivity contribution in [3.63, 3.8) is 0 Å². The summed E-state index contributed by atoms with van der Waals surface area (Å²) >= 11 is 1.50. The number of sulfonamides is 1. The van der Waals surface area contributed by atoms with Crippen LogP contribution in [0, 0.1) is 0 Å². The van der Waals surface area contributed by atoms with Crippen molar-refractivity contribution in [1.29, 1.82) is 0 Å². The Morgan fingerprint density at radius 1 is 1.12 bits per heavy atom. The maximum absolute atomic E-state index is 12.8. The highest BCUT2D eigenvalue weighted by Crippen LogP contribution is 2.24. The summed E-state index contributed by atoms with van der Waals surface area (Å²) in [5.74, 6) is 0. The highest BCUT2D eigenvalue weighted by atomic mass is 32.2. The highest BCUT2D eigenvalue weighted by molar-refractivity contribution is 7.89. The molecule has 1 N–H and O–H groups in total. The smallest absolute Gasteiger partial charge is 0.243 e. The lowest BCUT2D eigenvalue weighted by Crippen LogP contribution is -2.48. The monoisotopic (exact) mass is 379 g/mol. The van der Waals surface area contributed by atoms with Crippen LogP contribution in [0.2, 0.25) is 0 Å². The number of thiophene rings is 1. The Morgan fingerprint density at radius 3 is 2.52 bits per heavy atom. The third-order valence-corrected chi connectivity index (χ3v) is 7.36. The molecule has 1 aromatic carbocycles. The first kappa shape index (κ1) is 18.5. The molecule has 0 amide bonds. The van der Waals surface area contributed by atoms with Crippen LogP contribution in [0.15, 0.2) is 46.7 Å². The van der Waals surface area contributed by atoms with Crippen LogP contribution in [0.1, 0.15) is 17.4 Å². The first-order valence-electron chi connectivity index (χ1n) is 8.64. The van der Waals surface area contributed by atoms with Crippen LogP contribution in [-0.2, 0) is 23.1 Å². The molecular weight excluding hydrogens is 354 g/mol. The molecule has 25 heavy (non-hydrogen) atoms. The number of nitrogens with zero attached hydrogens (tertiary/aromatic N) is 2. The Kier molecular flexibility index (Phi) is 6.24. The van der Waals surface area contributed by atoms with Gasteiger partial charge in [0.25, 0.3) is 0 Å². The Balaban J connectivity index is 1.58. The first-order valence-corrected chi connectivity index (χ1v) is 11.0. The standard InChI is InChI=1S/C18H25N3O2S2/c1-2-19-13-17-12-18(15-24-17)25(22,23)21-10-8-20(9-11-21)14-16-6-4-3-5-7-16/h3-7,12,15,19H,2,8-11,13-14H2,1H3. The largest absolute Gasteiger partial charge is 0.312 e. The van der Waals surface area contributed by atoms with E-state index in [2.05, 4.69) is 22.3 Å². The van der Waals surface area contributed by atoms with E-state index in [1.54, 1.807) is 15.8 Å². The summed E-state index contributed by atoms with van der Waals surface area (Å²) in [5, 5.41) is 5.00. The van der Waals surface area contributed by atoms with E-state index in [-0.39, 0.29) is 0 Å². The molecule has 3 rings (SSSR count). The van der Waals surface area contributed by atoms with Crippen molar-refractivity contribution in [1.82, 2.24) is 14.5 Å². The van der Waals surface area contributed by atoms with Crippen molar-refractivity contribution in [2.45, 2.75) is 24.9 Å². The molecule has 7 heteroatoms. The van der Waals surface area contributed by atoms with Gasteiger partial charge in [-0.2, -0.15) is 4.31 Å². The molecule has 0 saturated carbocycles. The van der Waals surface area contributed by atoms with E-state index < -0.39 is 10.0 Å². The van der Waals surface area contributed by atoms with Crippen molar-refractivity contribution in [2.75, 3.05) is 32.7 Å². The average Bonchev–Trinajstić information content (AvgIpc) is 3.11. The van der Waals surface area contributed by atoms with Gasteiger partial charge in [0.2, 0.25) is 10.0 Å². The van der Waals surface area contributed by atoms with Crippen molar-refractivity contribution < 1.29 is 8.42 Å². The second kappa shape index (κ2) is 8.42. The topological polar surface area (TPSA) is 52.7 Å². The van der Waals surface area contributed by atoms with Gasteiger partial charge in [-0.05, 0) is 18.2 Å². The molecule has 1 fully saturated rings. The van der Waals surface area contributed by atoms with Crippen LogP contribution >= 0.6 is 11.3 Å². The summed E-state index contributed by atoms with van der Waals surface area (Å²) in [6, 6.07) is 12.1. The summed E-state index contributed by atoms with van der Waals surface area (Å²) in [6.07, 6.45) is 0. The van der Waals surface area contributed by atoms with E-state index in [4.69, 9.17) is 0 Å². The fourth-order valence-corrected chi connectivity index (χ4v) is 5.61. The maximum Gasteiger partial charge on any atom is 0.243 e. The number of rotatable bonds is 7. The second-order valence-corrected chi connectivity index (χ2v) is 9.13. The summed E-state index contributed by atoms with van der Waals surface area (Å²) < 4.78 is 27.3. The number of benzene rings is 1. The zero-order valence-corrected chi connectivity index (χ0v) is 16.2. The maximum atomic E-state index is 12.8. The lowest BCUT2D eigenvalue weighted by molar-refractivity contribution is 0.181. The van der Waals surface area contributed by atoms with Gasteiger partial charge in [0, 0.05) is 49.5 Å². The molecule has 1 aliphatic heterocycles. The molecule has 2 aromatic rings. The molecule has 0 unspecified atom stereocenters. The second-order valence-electron chi connectivity index (χ2n) is 6.19. The Morgan fingerprint density at radius 2 is 1.84 bits per heavy atom. The van der Waals surface area contributed by atoms with E-state index in [9.17, 15) is 8.42 Å². The molecule has 0 bridgehead atoms. The normalized spacial score (nSPS) is 17.0. The van der Waals surface area contributed by atoms with Gasteiger partial charge in [0.05, 0.1) is 4.90 Å². The summed E-state index contributed by atoms with van der Waals surface area (Å²) in [7, 11) is -3.37. The van der Waals surface area contributed by atoms with Gasteiger partial charge >= 0.3 is 0 Å². The quantitative estimate of drug-likeness (QED) is 0.802. The van der Waals surface area contributed by atoms with Crippen LogP contribution in [0.4, 0.5) is 0 Å². The first-order chi connectivity index (χ1) is 12.1. The molecule has 5 nitrogen and oxygen atoms in total. The van der Waals surface area contributed by atoms with Crippen LogP contribution in [0.5, 0.6) is 0 Å². The van der Waals surface area contributed by atoms with E-state index in [0.29, 0.717) is 18.0 Å². The van der Waals surface area contributed by atoms with Crippen molar-refractivity contribution in [3.05, 3.63) is 52.2 Å². The molecule has 0 radical (unpaired) electrons. The van der Waals surface area contributed by atoms with E-state index in [1.165, 1.54) is 16.9 Å². The number of hydrogen-bond donors (Lipinski definition) is 1. The minimum Gasteiger partial charge on any atom is -0.312 e. The fourth-order valence-electron chi connectivity index (χ4n) is 2.96. The number of hydrogen-bond acceptors (Lipinski definition) is 5. The molecule has 1 aliphatic rings. The van der Waals surface area contributed by atoms with E-state index in [0.717, 1.165) is 37.6 Å². The molecule has 2 heterocycles. The lowest BCUT2D eigenvalue weighted by Gasteiger charge is -2.33. The minimum atomic E-state index is -3.37. The van der Waals surface area contributed by atoms with Crippen molar-refractivity contribution in [2.24, 2.45) is 0 Å². The zero-order valence-electron chi connectivity index (χ0n) is 14.5. The molecule has 0 atom stereocenters. The Bertz CT molecular complexity index is 767. The van der Waals surface area contributed by atoms with Gasteiger partial charge in [0.15, 0.2) is 0 Å². The predicted molar refractivity (Wildman–Crippen MR) is 102 cm³/mol. The number of piperazine rings is 1. The third-order valence-electron chi connectivity index (χ3n) is 4.40. The predicted octanol–water partition coefficient (Wildman–Crippen LogP) is 2.36. The molecule has 136 valence electrons. The van der Waals surface area contributed by atoms with Crippen LogP contribution in [-0.4, -0.2) is 50.3 Å². The van der Waals surface area contributed by atoms with Crippen molar-refractivity contribution >= 4 is 21.4 Å². The fraction of sp³-hybridized carbons (Fsp3) is 0.444. The summed E-state index contributed by atoms with van der Waals surface area (Å²) in [4.78, 5) is 3.80. The summed E-state index contributed by atoms with van der Waals surface area (Å²) in [6.45, 7) is 7.15. The van der Waals surface area contributed by atoms with Gasteiger partial charge in [-0.25, -0.2) is 8.42 Å². The van der Waals surface area contributed by atoms with Gasteiger partial charge in [-0.3, -0.25) is 4.90 Å². The van der Waals surface area contributed by atoms with Gasteiger partial charge < -0.3 is 5.32 Å². The van der Waals surface area contributed by atoms with E-state index in [1.807, 2.05) is 25.1 Å². The van der Waals surface area contributed by atoms with Gasteiger partial charge in [0.1, 0.15) is 0 Å². The molecule has 0 aliphatic carbocycles. The van der Waals surface area contributed by atoms with E-state index >= 15 is 0 Å². The molecule has 1 aromatic heterocycles. The Labute approximate surface area is 154 Å². The average molecular weight is 380 g/mol. The highest BCUT2D eigenvalue weighted by Gasteiger charge is 2.29. The molecule has 1 saturated heterocycles. The third kappa shape index (κ3) is 4.68. The van der Waals surface area contributed by atoms with Crippen molar-refractivity contribution in [3.8, 4) is 0 Å². The van der Waals surface area contributed by atoms with Gasteiger partial charge in [-0.15, -0.1) is 11.3 Å². The Hall–Kier alpha value is -1.25. The van der Waals surface area contributed by atoms with Gasteiger partial charge in [-0.1, -0.05) is 37.3 Å². The SMILES string of the molecule is CCNCc1cc(S(=O)(=O)N2CCN(Cc3ccccc3)CC2)cs1. The molecule has 0 spiro atoms. The van der Waals surface area contributed by atoms with Crippen LogP contribution in [0.25, 0.3) is 0 Å². The number of nitrogens with one attached hydrogen (secondary N) is 1. The lowest BCUT2D eigenvalue weighted by atomic mass is 10.2. The zero-order chi connectivity index (χ0) is 17.7. The summed E-state index contributed by atoms with van der Waals surface area (Å²) in [5.41, 5.74) is 1.27. The minimum absolute atomic E-state index is 0.432. The van der Waals surface area contributed by atoms with Crippen LogP contribution in [0.3, 0.4) is 0 Å². The van der Waals surface area contributed by atoms with Crippen LogP contribution < -0.4 is 5.32 Å². The molecular formula is C18H25N3O2S2.